The monoisotopic (exact) mass is 205 g/mol. The predicted octanol–water partition coefficient (Wildman–Crippen LogP) is 1.27. The van der Waals surface area contributed by atoms with Crippen LogP contribution in [0.1, 0.15) is 27.2 Å². The molecule has 0 saturated carbocycles. The SMILES string of the molecule is CC(C)CC(CS)C(N)=O.CC=O. The molecule has 1 atom stereocenters. The van der Waals surface area contributed by atoms with Gasteiger partial charge in [-0.05, 0) is 19.3 Å². The summed E-state index contributed by atoms with van der Waals surface area (Å²) < 4.78 is 0. The number of nitrogens with two attached hydrogens (primary N) is 1. The van der Waals surface area contributed by atoms with Crippen LogP contribution >= 0.6 is 12.6 Å². The minimum absolute atomic E-state index is 0.0525. The molecule has 1 amide bonds. The number of rotatable bonds is 4. The molecule has 0 bridgehead atoms. The number of carbonyl (C=O) groups excluding carboxylic acids is 2. The van der Waals surface area contributed by atoms with Gasteiger partial charge in [0, 0.05) is 11.7 Å². The maximum Gasteiger partial charge on any atom is 0.221 e. The van der Waals surface area contributed by atoms with Crippen LogP contribution < -0.4 is 5.73 Å². The van der Waals surface area contributed by atoms with Crippen molar-refractivity contribution in [2.75, 3.05) is 5.75 Å². The molecule has 0 aromatic heterocycles. The van der Waals surface area contributed by atoms with E-state index in [1.54, 1.807) is 0 Å². The number of amides is 1. The summed E-state index contributed by atoms with van der Waals surface area (Å²) in [6.07, 6.45) is 1.60. The summed E-state index contributed by atoms with van der Waals surface area (Å²) in [5.74, 6) is 0.796. The Hall–Kier alpha value is -0.510. The van der Waals surface area contributed by atoms with E-state index >= 15 is 0 Å². The van der Waals surface area contributed by atoms with Gasteiger partial charge in [-0.25, -0.2) is 0 Å². The van der Waals surface area contributed by atoms with Crippen molar-refractivity contribution >= 4 is 24.8 Å². The molecule has 2 N–H and O–H groups in total. The second kappa shape index (κ2) is 9.58. The summed E-state index contributed by atoms with van der Waals surface area (Å²) in [5, 5.41) is 0. The van der Waals surface area contributed by atoms with E-state index in [1.165, 1.54) is 6.92 Å². The normalized spacial score (nSPS) is 11.5. The third kappa shape index (κ3) is 11.5. The molecule has 78 valence electrons. The van der Waals surface area contributed by atoms with E-state index in [9.17, 15) is 4.79 Å². The third-order valence-electron chi connectivity index (χ3n) is 1.38. The van der Waals surface area contributed by atoms with Gasteiger partial charge in [0.05, 0.1) is 0 Å². The number of hydrogen-bond acceptors (Lipinski definition) is 3. The van der Waals surface area contributed by atoms with Crippen molar-refractivity contribution in [3.8, 4) is 0 Å². The minimum Gasteiger partial charge on any atom is -0.369 e. The van der Waals surface area contributed by atoms with Crippen LogP contribution in [0.25, 0.3) is 0 Å². The molecule has 0 aromatic carbocycles. The second-order valence-electron chi connectivity index (χ2n) is 3.15. The smallest absolute Gasteiger partial charge is 0.221 e. The molecule has 4 heteroatoms. The van der Waals surface area contributed by atoms with Gasteiger partial charge in [0.1, 0.15) is 6.29 Å². The van der Waals surface area contributed by atoms with Gasteiger partial charge >= 0.3 is 0 Å². The number of primary amides is 1. The fraction of sp³-hybridized carbons (Fsp3) is 0.778. The lowest BCUT2D eigenvalue weighted by Crippen LogP contribution is -2.25. The summed E-state index contributed by atoms with van der Waals surface area (Å²) in [4.78, 5) is 19.4. The Kier molecular flexibility index (Phi) is 11.0. The van der Waals surface area contributed by atoms with E-state index in [0.717, 1.165) is 12.7 Å². The lowest BCUT2D eigenvalue weighted by atomic mass is 9.98. The number of aldehydes is 1. The maximum atomic E-state index is 10.6. The Morgan fingerprint density at radius 2 is 1.92 bits per heavy atom. The van der Waals surface area contributed by atoms with Gasteiger partial charge in [-0.15, -0.1) is 0 Å². The summed E-state index contributed by atoms with van der Waals surface area (Å²) in [5.41, 5.74) is 5.11. The highest BCUT2D eigenvalue weighted by atomic mass is 32.1. The van der Waals surface area contributed by atoms with Gasteiger partial charge in [0.15, 0.2) is 0 Å². The topological polar surface area (TPSA) is 60.2 Å². The van der Waals surface area contributed by atoms with Gasteiger partial charge in [-0.3, -0.25) is 4.79 Å². The zero-order valence-corrected chi connectivity index (χ0v) is 9.38. The molecular formula is C9H19NO2S. The molecule has 0 radical (unpaired) electrons. The van der Waals surface area contributed by atoms with E-state index in [2.05, 4.69) is 26.5 Å². The van der Waals surface area contributed by atoms with Crippen LogP contribution in [0.3, 0.4) is 0 Å². The molecule has 1 unspecified atom stereocenters. The van der Waals surface area contributed by atoms with Gasteiger partial charge in [-0.1, -0.05) is 13.8 Å². The zero-order valence-electron chi connectivity index (χ0n) is 8.49. The Morgan fingerprint density at radius 3 is 2.00 bits per heavy atom. The minimum atomic E-state index is -0.233. The molecule has 0 aliphatic rings. The first-order chi connectivity index (χ1) is 5.99. The fourth-order valence-electron chi connectivity index (χ4n) is 0.850. The maximum absolute atomic E-state index is 10.6. The van der Waals surface area contributed by atoms with Crippen molar-refractivity contribution in [2.24, 2.45) is 17.6 Å². The van der Waals surface area contributed by atoms with E-state index in [4.69, 9.17) is 10.5 Å². The highest BCUT2D eigenvalue weighted by Crippen LogP contribution is 2.11. The molecule has 0 saturated heterocycles. The first-order valence-electron chi connectivity index (χ1n) is 4.29. The first kappa shape index (κ1) is 15.0. The van der Waals surface area contributed by atoms with Crippen LogP contribution in [0.15, 0.2) is 0 Å². The molecule has 13 heavy (non-hydrogen) atoms. The quantitative estimate of drug-likeness (QED) is 0.536. The molecule has 0 spiro atoms. The van der Waals surface area contributed by atoms with Crippen LogP contribution in [-0.2, 0) is 9.59 Å². The predicted molar refractivity (Wildman–Crippen MR) is 57.7 cm³/mol. The van der Waals surface area contributed by atoms with Crippen molar-refractivity contribution in [3.05, 3.63) is 0 Å². The lowest BCUT2D eigenvalue weighted by Gasteiger charge is -2.11. The fourth-order valence-corrected chi connectivity index (χ4v) is 1.18. The third-order valence-corrected chi connectivity index (χ3v) is 1.82. The second-order valence-corrected chi connectivity index (χ2v) is 3.51. The van der Waals surface area contributed by atoms with Crippen LogP contribution in [0.4, 0.5) is 0 Å². The van der Waals surface area contributed by atoms with Crippen LogP contribution in [0, 0.1) is 11.8 Å². The Morgan fingerprint density at radius 1 is 1.54 bits per heavy atom. The van der Waals surface area contributed by atoms with E-state index < -0.39 is 0 Å². The summed E-state index contributed by atoms with van der Waals surface area (Å²) in [6, 6.07) is 0. The standard InChI is InChI=1S/C7H15NOS.C2H4O/c1-5(2)3-6(4-10)7(8)9;1-2-3/h5-6,10H,3-4H2,1-2H3,(H2,8,9);2H,1H3. The number of thiol groups is 1. The van der Waals surface area contributed by atoms with Crippen molar-refractivity contribution in [1.29, 1.82) is 0 Å². The van der Waals surface area contributed by atoms with Crippen LogP contribution in [0.5, 0.6) is 0 Å². The highest BCUT2D eigenvalue weighted by Gasteiger charge is 2.14. The Labute approximate surface area is 85.5 Å². The summed E-state index contributed by atoms with van der Waals surface area (Å²) >= 11 is 4.03. The van der Waals surface area contributed by atoms with Gasteiger partial charge in [-0.2, -0.15) is 12.6 Å². The average molecular weight is 205 g/mol. The molecular weight excluding hydrogens is 186 g/mol. The lowest BCUT2D eigenvalue weighted by molar-refractivity contribution is -0.121. The summed E-state index contributed by atoms with van der Waals surface area (Å²) in [7, 11) is 0. The average Bonchev–Trinajstić information content (AvgIpc) is 2.00. The molecule has 0 aromatic rings. The van der Waals surface area contributed by atoms with Crippen molar-refractivity contribution in [2.45, 2.75) is 27.2 Å². The van der Waals surface area contributed by atoms with Crippen LogP contribution in [-0.4, -0.2) is 17.9 Å². The molecule has 3 nitrogen and oxygen atoms in total. The molecule has 0 rings (SSSR count). The molecule has 0 heterocycles. The Bertz CT molecular complexity index is 149. The highest BCUT2D eigenvalue weighted by molar-refractivity contribution is 7.80. The molecule has 0 aliphatic heterocycles. The van der Waals surface area contributed by atoms with E-state index in [1.807, 2.05) is 0 Å². The van der Waals surface area contributed by atoms with Gasteiger partial charge in [0.2, 0.25) is 5.91 Å². The van der Waals surface area contributed by atoms with Gasteiger partial charge in [0.25, 0.3) is 0 Å². The molecule has 0 aliphatic carbocycles. The Balaban J connectivity index is 0. The first-order valence-corrected chi connectivity index (χ1v) is 4.92. The van der Waals surface area contributed by atoms with Crippen molar-refractivity contribution in [1.82, 2.24) is 0 Å². The van der Waals surface area contributed by atoms with Crippen LogP contribution in [0.2, 0.25) is 0 Å². The zero-order chi connectivity index (χ0) is 10.9. The van der Waals surface area contributed by atoms with Crippen molar-refractivity contribution in [3.63, 3.8) is 0 Å². The van der Waals surface area contributed by atoms with E-state index in [0.29, 0.717) is 11.7 Å². The molecule has 0 fully saturated rings. The van der Waals surface area contributed by atoms with E-state index in [-0.39, 0.29) is 11.8 Å². The number of hydrogen-bond donors (Lipinski definition) is 2. The van der Waals surface area contributed by atoms with Crippen molar-refractivity contribution < 1.29 is 9.59 Å². The summed E-state index contributed by atoms with van der Waals surface area (Å²) in [6.45, 7) is 5.58. The van der Waals surface area contributed by atoms with Gasteiger partial charge < -0.3 is 10.5 Å². The number of carbonyl (C=O) groups is 2. The largest absolute Gasteiger partial charge is 0.369 e.